The fraction of sp³-hybridized carbons (Fsp3) is 0.381. The molecule has 5 rings (SSSR count). The van der Waals surface area contributed by atoms with Gasteiger partial charge in [0.15, 0.2) is 0 Å². The van der Waals surface area contributed by atoms with Gasteiger partial charge in [-0.3, -0.25) is 14.5 Å². The molecule has 8 heteroatoms. The summed E-state index contributed by atoms with van der Waals surface area (Å²) in [5.74, 6) is 1.51. The van der Waals surface area contributed by atoms with Gasteiger partial charge in [-0.15, -0.1) is 0 Å². The Morgan fingerprint density at radius 1 is 1.24 bits per heavy atom. The lowest BCUT2D eigenvalue weighted by molar-refractivity contribution is 0.0625. The standard InChI is InChI=1S/C21H20N6O2/c22-12-14-3-1-4-16(9-14)29-17-10-15(11-17)27-21(28)26-19(5-2-6-20(26)25-27)18-13-23-7-8-24-18/h1,3-4,7-9,13,15,17,19H,2,5-6,10-11H2/t15?,17?,19-/m0/s1. The molecule has 2 aliphatic rings. The van der Waals surface area contributed by atoms with Gasteiger partial charge >= 0.3 is 5.69 Å². The van der Waals surface area contributed by atoms with Crippen LogP contribution in [0.25, 0.3) is 0 Å². The molecule has 0 radical (unpaired) electrons. The second kappa shape index (κ2) is 7.17. The van der Waals surface area contributed by atoms with Crippen molar-refractivity contribution in [1.29, 1.82) is 5.26 Å². The first-order valence-electron chi connectivity index (χ1n) is 9.85. The number of benzene rings is 1. The molecule has 3 heterocycles. The Kier molecular flexibility index (Phi) is 4.35. The summed E-state index contributed by atoms with van der Waals surface area (Å²) in [6.45, 7) is 0. The van der Waals surface area contributed by atoms with Gasteiger partial charge in [0.2, 0.25) is 0 Å². The Bertz CT molecular complexity index is 1120. The molecular weight excluding hydrogens is 368 g/mol. The predicted molar refractivity (Wildman–Crippen MR) is 103 cm³/mol. The molecule has 0 unspecified atom stereocenters. The number of aryl methyl sites for hydroxylation is 1. The highest BCUT2D eigenvalue weighted by Gasteiger charge is 2.37. The zero-order valence-electron chi connectivity index (χ0n) is 15.8. The van der Waals surface area contributed by atoms with E-state index >= 15 is 0 Å². The molecule has 1 fully saturated rings. The summed E-state index contributed by atoms with van der Waals surface area (Å²) in [5.41, 5.74) is 1.30. The van der Waals surface area contributed by atoms with Crippen molar-refractivity contribution in [1.82, 2.24) is 24.3 Å². The lowest BCUT2D eigenvalue weighted by Crippen LogP contribution is -2.41. The van der Waals surface area contributed by atoms with Crippen LogP contribution in [0, 0.1) is 11.3 Å². The van der Waals surface area contributed by atoms with E-state index in [9.17, 15) is 4.79 Å². The molecule has 0 N–H and O–H groups in total. The molecule has 1 aliphatic heterocycles. The molecule has 3 aromatic rings. The highest BCUT2D eigenvalue weighted by Crippen LogP contribution is 2.35. The molecule has 8 nitrogen and oxygen atoms in total. The quantitative estimate of drug-likeness (QED) is 0.681. The van der Waals surface area contributed by atoms with Gasteiger partial charge in [0.1, 0.15) is 17.7 Å². The highest BCUT2D eigenvalue weighted by atomic mass is 16.5. The Hall–Kier alpha value is -3.47. The zero-order chi connectivity index (χ0) is 19.8. The lowest BCUT2D eigenvalue weighted by atomic mass is 9.89. The van der Waals surface area contributed by atoms with E-state index in [4.69, 9.17) is 10.00 Å². The molecule has 1 atom stereocenters. The van der Waals surface area contributed by atoms with Crippen LogP contribution < -0.4 is 10.4 Å². The van der Waals surface area contributed by atoms with Gasteiger partial charge < -0.3 is 4.74 Å². The molecule has 0 saturated heterocycles. The van der Waals surface area contributed by atoms with E-state index in [-0.39, 0.29) is 23.9 Å². The topological polar surface area (TPSA) is 98.6 Å². The number of nitriles is 1. The molecule has 29 heavy (non-hydrogen) atoms. The van der Waals surface area contributed by atoms with E-state index in [1.54, 1.807) is 40.0 Å². The number of rotatable bonds is 4. The third kappa shape index (κ3) is 3.18. The minimum Gasteiger partial charge on any atom is -0.490 e. The largest absolute Gasteiger partial charge is 0.490 e. The van der Waals surface area contributed by atoms with Crippen molar-refractivity contribution in [3.05, 3.63) is 70.4 Å². The fourth-order valence-corrected chi connectivity index (χ4v) is 4.17. The molecule has 0 bridgehead atoms. The maximum absolute atomic E-state index is 13.1. The molecule has 146 valence electrons. The predicted octanol–water partition coefficient (Wildman–Crippen LogP) is 2.41. The number of hydrogen-bond donors (Lipinski definition) is 0. The van der Waals surface area contributed by atoms with E-state index in [1.807, 2.05) is 12.1 Å². The first-order valence-corrected chi connectivity index (χ1v) is 9.85. The molecule has 1 saturated carbocycles. The molecule has 2 aromatic heterocycles. The summed E-state index contributed by atoms with van der Waals surface area (Å²) in [5, 5.41) is 13.6. The maximum Gasteiger partial charge on any atom is 0.346 e. The first kappa shape index (κ1) is 17.6. The average molecular weight is 388 g/mol. The van der Waals surface area contributed by atoms with Crippen LogP contribution >= 0.6 is 0 Å². The number of aromatic nitrogens is 5. The smallest absolute Gasteiger partial charge is 0.346 e. The van der Waals surface area contributed by atoms with Gasteiger partial charge in [-0.2, -0.15) is 10.4 Å². The van der Waals surface area contributed by atoms with Crippen molar-refractivity contribution in [2.24, 2.45) is 0 Å². The van der Waals surface area contributed by atoms with Crippen LogP contribution in [-0.2, 0) is 6.42 Å². The fourth-order valence-electron chi connectivity index (χ4n) is 4.17. The van der Waals surface area contributed by atoms with Gasteiger partial charge in [-0.1, -0.05) is 6.07 Å². The van der Waals surface area contributed by atoms with Crippen LogP contribution in [0.2, 0.25) is 0 Å². The van der Waals surface area contributed by atoms with E-state index in [1.165, 1.54) is 0 Å². The number of nitrogens with zero attached hydrogens (tertiary/aromatic N) is 6. The third-order valence-electron chi connectivity index (χ3n) is 5.70. The normalized spacial score (nSPS) is 22.9. The molecule has 0 amide bonds. The van der Waals surface area contributed by atoms with Gasteiger partial charge in [0.25, 0.3) is 0 Å². The van der Waals surface area contributed by atoms with Crippen molar-refractivity contribution >= 4 is 0 Å². The zero-order valence-corrected chi connectivity index (χ0v) is 15.8. The van der Waals surface area contributed by atoms with Gasteiger partial charge in [0.05, 0.1) is 35.6 Å². The van der Waals surface area contributed by atoms with Crippen LogP contribution in [0.1, 0.15) is 54.8 Å². The summed E-state index contributed by atoms with van der Waals surface area (Å²) in [4.78, 5) is 21.7. The molecule has 0 spiro atoms. The van der Waals surface area contributed by atoms with Crippen LogP contribution in [0.5, 0.6) is 5.75 Å². The van der Waals surface area contributed by atoms with Crippen LogP contribution in [0.15, 0.2) is 47.7 Å². The monoisotopic (exact) mass is 388 g/mol. The van der Waals surface area contributed by atoms with E-state index in [2.05, 4.69) is 21.1 Å². The third-order valence-corrected chi connectivity index (χ3v) is 5.70. The van der Waals surface area contributed by atoms with Crippen LogP contribution in [-0.4, -0.2) is 30.4 Å². The highest BCUT2D eigenvalue weighted by molar-refractivity contribution is 5.36. The van der Waals surface area contributed by atoms with Crippen molar-refractivity contribution in [2.75, 3.05) is 0 Å². The average Bonchev–Trinajstić information content (AvgIpc) is 3.07. The van der Waals surface area contributed by atoms with Gasteiger partial charge in [-0.25, -0.2) is 9.48 Å². The summed E-state index contributed by atoms with van der Waals surface area (Å²) in [6.07, 6.45) is 9.14. The lowest BCUT2D eigenvalue weighted by Gasteiger charge is -2.34. The summed E-state index contributed by atoms with van der Waals surface area (Å²) < 4.78 is 9.37. The second-order valence-corrected chi connectivity index (χ2v) is 7.56. The summed E-state index contributed by atoms with van der Waals surface area (Å²) in [7, 11) is 0. The van der Waals surface area contributed by atoms with Crippen LogP contribution in [0.3, 0.4) is 0 Å². The summed E-state index contributed by atoms with van der Waals surface area (Å²) in [6, 6.07) is 9.19. The number of ether oxygens (including phenoxy) is 1. The molecule has 1 aromatic carbocycles. The Balaban J connectivity index is 1.33. The second-order valence-electron chi connectivity index (χ2n) is 7.56. The minimum atomic E-state index is -0.102. The van der Waals surface area contributed by atoms with Crippen LogP contribution in [0.4, 0.5) is 0 Å². The number of fused-ring (bicyclic) bond motifs is 1. The van der Waals surface area contributed by atoms with Crippen molar-refractivity contribution in [2.45, 2.75) is 50.3 Å². The van der Waals surface area contributed by atoms with Crippen molar-refractivity contribution in [3.8, 4) is 11.8 Å². The molecule has 1 aliphatic carbocycles. The van der Waals surface area contributed by atoms with E-state index in [0.29, 0.717) is 11.3 Å². The Labute approximate surface area is 167 Å². The SMILES string of the molecule is N#Cc1cccc(OC2CC(n3nc4n(c3=O)[C@H](c3cnccn3)CCC4)C2)c1. The first-order chi connectivity index (χ1) is 14.2. The van der Waals surface area contributed by atoms with Gasteiger partial charge in [-0.05, 0) is 31.0 Å². The van der Waals surface area contributed by atoms with Crippen molar-refractivity contribution in [3.63, 3.8) is 0 Å². The summed E-state index contributed by atoms with van der Waals surface area (Å²) >= 11 is 0. The number of hydrogen-bond acceptors (Lipinski definition) is 6. The maximum atomic E-state index is 13.1. The van der Waals surface area contributed by atoms with Crippen molar-refractivity contribution < 1.29 is 4.74 Å². The van der Waals surface area contributed by atoms with E-state index in [0.717, 1.165) is 43.6 Å². The molecular formula is C21H20N6O2. The Morgan fingerprint density at radius 2 is 2.14 bits per heavy atom. The van der Waals surface area contributed by atoms with E-state index < -0.39 is 0 Å². The minimum absolute atomic E-state index is 0.0235. The van der Waals surface area contributed by atoms with Gasteiger partial charge in [0, 0.05) is 31.7 Å². The Morgan fingerprint density at radius 3 is 2.93 bits per heavy atom.